The Kier molecular flexibility index (Phi) is 4.69. The van der Waals surface area contributed by atoms with Crippen LogP contribution in [0.4, 0.5) is 0 Å². The number of aryl methyl sites for hydroxylation is 3. The van der Waals surface area contributed by atoms with Gasteiger partial charge in [0.1, 0.15) is 5.75 Å². The molecule has 1 aromatic heterocycles. The van der Waals surface area contributed by atoms with E-state index in [1.165, 1.54) is 0 Å². The molecule has 0 saturated carbocycles. The average Bonchev–Trinajstić information content (AvgIpc) is 2.70. The van der Waals surface area contributed by atoms with Crippen molar-refractivity contribution in [1.29, 1.82) is 0 Å². The highest BCUT2D eigenvalue weighted by Gasteiger charge is 2.22. The monoisotopic (exact) mass is 313 g/mol. The molecule has 2 rings (SSSR count). The van der Waals surface area contributed by atoms with Gasteiger partial charge in [0.2, 0.25) is 5.78 Å². The first-order chi connectivity index (χ1) is 10.6. The summed E-state index contributed by atoms with van der Waals surface area (Å²) in [5.41, 5.74) is 5.09. The third kappa shape index (κ3) is 3.84. The zero-order chi connectivity index (χ0) is 17.4. The predicted molar refractivity (Wildman–Crippen MR) is 94.6 cm³/mol. The molecule has 0 atom stereocenters. The minimum atomic E-state index is -0.0405. The lowest BCUT2D eigenvalue weighted by Gasteiger charge is -2.25. The summed E-state index contributed by atoms with van der Waals surface area (Å²) in [4.78, 5) is 12.6. The third-order valence-corrected chi connectivity index (χ3v) is 3.97. The fourth-order valence-corrected chi connectivity index (χ4v) is 3.32. The lowest BCUT2D eigenvalue weighted by atomic mass is 10.1. The van der Waals surface area contributed by atoms with E-state index in [4.69, 9.17) is 4.74 Å². The second-order valence-electron chi connectivity index (χ2n) is 7.33. The van der Waals surface area contributed by atoms with Crippen molar-refractivity contribution in [3.63, 3.8) is 0 Å². The number of Topliss-reactive ketones (excluding diaryl/α,β-unsaturated/α-hetero) is 1. The maximum Gasteiger partial charge on any atom is 0.202 e. The number of aromatic nitrogens is 1. The zero-order valence-electron chi connectivity index (χ0n) is 15.3. The van der Waals surface area contributed by atoms with Crippen LogP contribution in [0.15, 0.2) is 24.3 Å². The third-order valence-electron chi connectivity index (χ3n) is 3.97. The molecule has 0 unspecified atom stereocenters. The van der Waals surface area contributed by atoms with Gasteiger partial charge in [-0.25, -0.2) is 0 Å². The van der Waals surface area contributed by atoms with E-state index < -0.39 is 0 Å². The fourth-order valence-electron chi connectivity index (χ4n) is 3.32. The molecule has 3 heteroatoms. The standard InChI is InChI=1S/C20H27NO2/c1-13-8-14(2)10-17(9-13)23-12-19(22)18-11-15(3)21(16(18)4)20(5,6)7/h8-11H,12H2,1-7H3. The molecule has 0 spiro atoms. The number of ether oxygens (including phenoxy) is 1. The molecule has 0 radical (unpaired) electrons. The molecule has 124 valence electrons. The van der Waals surface area contributed by atoms with Crippen molar-refractivity contribution in [3.05, 3.63) is 52.3 Å². The quantitative estimate of drug-likeness (QED) is 0.764. The van der Waals surface area contributed by atoms with E-state index in [9.17, 15) is 4.79 Å². The van der Waals surface area contributed by atoms with E-state index in [-0.39, 0.29) is 17.9 Å². The van der Waals surface area contributed by atoms with Gasteiger partial charge >= 0.3 is 0 Å². The second-order valence-corrected chi connectivity index (χ2v) is 7.33. The Morgan fingerprint density at radius 1 is 1.00 bits per heavy atom. The van der Waals surface area contributed by atoms with Crippen LogP contribution in [-0.4, -0.2) is 17.0 Å². The first-order valence-electron chi connectivity index (χ1n) is 8.03. The Labute approximate surface area is 139 Å². The van der Waals surface area contributed by atoms with Gasteiger partial charge in [-0.1, -0.05) is 6.07 Å². The van der Waals surface area contributed by atoms with E-state index in [2.05, 4.69) is 31.4 Å². The molecule has 0 saturated heterocycles. The molecule has 0 N–H and O–H groups in total. The summed E-state index contributed by atoms with van der Waals surface area (Å²) in [5, 5.41) is 0. The number of carbonyl (C=O) groups excluding carboxylic acids is 1. The number of hydrogen-bond acceptors (Lipinski definition) is 2. The van der Waals surface area contributed by atoms with Crippen molar-refractivity contribution < 1.29 is 9.53 Å². The Balaban J connectivity index is 2.19. The Morgan fingerprint density at radius 3 is 2.04 bits per heavy atom. The lowest BCUT2D eigenvalue weighted by molar-refractivity contribution is 0.0920. The van der Waals surface area contributed by atoms with Gasteiger partial charge in [0.05, 0.1) is 0 Å². The highest BCUT2D eigenvalue weighted by atomic mass is 16.5. The Bertz CT molecular complexity index is 713. The SMILES string of the molecule is Cc1cc(C)cc(OCC(=O)c2cc(C)n(C(C)(C)C)c2C)c1. The Morgan fingerprint density at radius 2 is 1.57 bits per heavy atom. The fraction of sp³-hybridized carbons (Fsp3) is 0.450. The van der Waals surface area contributed by atoms with Crippen LogP contribution in [0.1, 0.15) is 53.6 Å². The van der Waals surface area contributed by atoms with Crippen molar-refractivity contribution >= 4 is 5.78 Å². The van der Waals surface area contributed by atoms with Crippen LogP contribution in [0.3, 0.4) is 0 Å². The van der Waals surface area contributed by atoms with E-state index in [1.54, 1.807) is 0 Å². The number of hydrogen-bond donors (Lipinski definition) is 0. The maximum absolute atomic E-state index is 12.6. The number of rotatable bonds is 4. The van der Waals surface area contributed by atoms with E-state index >= 15 is 0 Å². The highest BCUT2D eigenvalue weighted by Crippen LogP contribution is 2.25. The van der Waals surface area contributed by atoms with Crippen molar-refractivity contribution in [1.82, 2.24) is 4.57 Å². The number of nitrogens with zero attached hydrogens (tertiary/aromatic N) is 1. The van der Waals surface area contributed by atoms with Gasteiger partial charge in [0.15, 0.2) is 6.61 Å². The molecule has 1 aromatic carbocycles. The molecule has 0 aliphatic rings. The summed E-state index contributed by atoms with van der Waals surface area (Å²) in [6.07, 6.45) is 0. The predicted octanol–water partition coefficient (Wildman–Crippen LogP) is 4.74. The molecule has 0 amide bonds. The number of ketones is 1. The van der Waals surface area contributed by atoms with E-state index in [0.717, 1.165) is 33.8 Å². The van der Waals surface area contributed by atoms with Crippen LogP contribution >= 0.6 is 0 Å². The van der Waals surface area contributed by atoms with E-state index in [1.807, 2.05) is 45.9 Å². The highest BCUT2D eigenvalue weighted by molar-refractivity contribution is 5.98. The van der Waals surface area contributed by atoms with Gasteiger partial charge in [-0.2, -0.15) is 0 Å². The largest absolute Gasteiger partial charge is 0.485 e. The normalized spacial score (nSPS) is 11.6. The Hall–Kier alpha value is -2.03. The summed E-state index contributed by atoms with van der Waals surface area (Å²) in [5.74, 6) is 0.772. The average molecular weight is 313 g/mol. The summed E-state index contributed by atoms with van der Waals surface area (Å²) in [7, 11) is 0. The molecule has 0 aliphatic carbocycles. The van der Waals surface area contributed by atoms with Gasteiger partial charge in [-0.3, -0.25) is 4.79 Å². The second kappa shape index (κ2) is 6.23. The van der Waals surface area contributed by atoms with Crippen molar-refractivity contribution in [2.24, 2.45) is 0 Å². The first kappa shape index (κ1) is 17.3. The van der Waals surface area contributed by atoms with Crippen molar-refractivity contribution in [2.75, 3.05) is 6.61 Å². The summed E-state index contributed by atoms with van der Waals surface area (Å²) in [6, 6.07) is 7.97. The van der Waals surface area contributed by atoms with Crippen molar-refractivity contribution in [2.45, 2.75) is 54.0 Å². The molecule has 3 nitrogen and oxygen atoms in total. The van der Waals surface area contributed by atoms with Crippen LogP contribution in [0, 0.1) is 27.7 Å². The van der Waals surface area contributed by atoms with Crippen LogP contribution in [0.25, 0.3) is 0 Å². The molecule has 0 aliphatic heterocycles. The summed E-state index contributed by atoms with van der Waals surface area (Å²) in [6.45, 7) is 14.6. The van der Waals surface area contributed by atoms with Gasteiger partial charge in [-0.15, -0.1) is 0 Å². The zero-order valence-corrected chi connectivity index (χ0v) is 15.3. The van der Waals surface area contributed by atoms with E-state index in [0.29, 0.717) is 0 Å². The smallest absolute Gasteiger partial charge is 0.202 e. The van der Waals surface area contributed by atoms with Gasteiger partial charge < -0.3 is 9.30 Å². The minimum absolute atomic E-state index is 0.0211. The molecule has 23 heavy (non-hydrogen) atoms. The van der Waals surface area contributed by atoms with Crippen LogP contribution < -0.4 is 4.74 Å². The van der Waals surface area contributed by atoms with Gasteiger partial charge in [0, 0.05) is 22.5 Å². The minimum Gasteiger partial charge on any atom is -0.485 e. The first-order valence-corrected chi connectivity index (χ1v) is 8.03. The van der Waals surface area contributed by atoms with Crippen LogP contribution in [0.5, 0.6) is 5.75 Å². The topological polar surface area (TPSA) is 31.2 Å². The molecule has 0 bridgehead atoms. The van der Waals surface area contributed by atoms with Gasteiger partial charge in [-0.05, 0) is 77.8 Å². The summed E-state index contributed by atoms with van der Waals surface area (Å²) >= 11 is 0. The van der Waals surface area contributed by atoms with Crippen molar-refractivity contribution in [3.8, 4) is 5.75 Å². The van der Waals surface area contributed by atoms with Crippen LogP contribution in [-0.2, 0) is 5.54 Å². The summed E-state index contributed by atoms with van der Waals surface area (Å²) < 4.78 is 7.92. The lowest BCUT2D eigenvalue weighted by Crippen LogP contribution is -2.24. The van der Waals surface area contributed by atoms with Gasteiger partial charge in [0.25, 0.3) is 0 Å². The number of benzene rings is 1. The van der Waals surface area contributed by atoms with Crippen LogP contribution in [0.2, 0.25) is 0 Å². The molecule has 1 heterocycles. The molecule has 0 fully saturated rings. The number of carbonyl (C=O) groups is 1. The molecule has 2 aromatic rings. The maximum atomic E-state index is 12.6. The molecular formula is C20H27NO2. The molecular weight excluding hydrogens is 286 g/mol.